The molecule has 2 aromatic heterocycles. The normalized spacial score (nSPS) is 18.3. The molecule has 5 rings (SSSR count). The van der Waals surface area contributed by atoms with Gasteiger partial charge in [0.1, 0.15) is 24.1 Å². The zero-order chi connectivity index (χ0) is 22.6. The monoisotopic (exact) mass is 445 g/mol. The van der Waals surface area contributed by atoms with Crippen molar-refractivity contribution in [2.24, 2.45) is 10.9 Å². The van der Waals surface area contributed by atoms with Crippen molar-refractivity contribution in [1.29, 1.82) is 0 Å². The van der Waals surface area contributed by atoms with Gasteiger partial charge in [-0.1, -0.05) is 25.3 Å². The number of allylic oxidation sites excluding steroid dienone is 2. The zero-order valence-corrected chi connectivity index (χ0v) is 18.7. The fourth-order valence-electron chi connectivity index (χ4n) is 4.67. The van der Waals surface area contributed by atoms with Gasteiger partial charge in [0.15, 0.2) is 0 Å². The lowest BCUT2D eigenvalue weighted by Gasteiger charge is -2.22. The highest BCUT2D eigenvalue weighted by molar-refractivity contribution is 6.31. The summed E-state index contributed by atoms with van der Waals surface area (Å²) in [5, 5.41) is 6.45. The molecule has 170 valence electrons. The first-order chi connectivity index (χ1) is 16.2. The highest BCUT2D eigenvalue weighted by atomic mass is 16.2. The molecule has 0 atom stereocenters. The van der Waals surface area contributed by atoms with E-state index in [1.54, 1.807) is 24.4 Å². The van der Waals surface area contributed by atoms with E-state index in [1.807, 2.05) is 12.3 Å². The maximum absolute atomic E-state index is 12.6. The van der Waals surface area contributed by atoms with Crippen LogP contribution >= 0.6 is 0 Å². The summed E-state index contributed by atoms with van der Waals surface area (Å²) in [7, 11) is 0. The SMILES string of the molecule is O=C(NCC1=NC2=CC=C(CNCC3CCCCC3)C[N+]2=C1)c1cc(=O)n2ccccc2n1. The lowest BCUT2D eigenvalue weighted by atomic mass is 9.89. The lowest BCUT2D eigenvalue weighted by Crippen LogP contribution is -2.32. The van der Waals surface area contributed by atoms with Crippen LogP contribution in [0.2, 0.25) is 0 Å². The second-order valence-electron chi connectivity index (χ2n) is 8.94. The van der Waals surface area contributed by atoms with Crippen LogP contribution in [-0.4, -0.2) is 58.0 Å². The van der Waals surface area contributed by atoms with Crippen molar-refractivity contribution in [2.45, 2.75) is 32.1 Å². The van der Waals surface area contributed by atoms with Gasteiger partial charge in [0.25, 0.3) is 11.5 Å². The first-order valence-corrected chi connectivity index (χ1v) is 11.7. The molecule has 2 N–H and O–H groups in total. The number of aliphatic imine (C=N–C) groups is 1. The quantitative estimate of drug-likeness (QED) is 0.637. The van der Waals surface area contributed by atoms with E-state index in [-0.39, 0.29) is 23.7 Å². The molecule has 2 aliphatic heterocycles. The zero-order valence-electron chi connectivity index (χ0n) is 18.7. The van der Waals surface area contributed by atoms with Crippen LogP contribution in [0.3, 0.4) is 0 Å². The molecule has 0 spiro atoms. The van der Waals surface area contributed by atoms with Crippen molar-refractivity contribution in [3.63, 3.8) is 0 Å². The topological polar surface area (TPSA) is 90.9 Å². The maximum Gasteiger partial charge on any atom is 0.323 e. The van der Waals surface area contributed by atoms with Gasteiger partial charge in [0.05, 0.1) is 6.54 Å². The molecule has 4 heterocycles. The third-order valence-corrected chi connectivity index (χ3v) is 6.44. The second-order valence-corrected chi connectivity index (χ2v) is 8.94. The van der Waals surface area contributed by atoms with Gasteiger partial charge >= 0.3 is 5.82 Å². The summed E-state index contributed by atoms with van der Waals surface area (Å²) in [6, 6.07) is 6.49. The third kappa shape index (κ3) is 5.01. The molecule has 2 aromatic rings. The highest BCUT2D eigenvalue weighted by Gasteiger charge is 2.27. The fraction of sp³-hybridized carbons (Fsp3) is 0.400. The van der Waals surface area contributed by atoms with E-state index in [4.69, 9.17) is 0 Å². The summed E-state index contributed by atoms with van der Waals surface area (Å²) in [4.78, 5) is 33.7. The largest absolute Gasteiger partial charge is 0.343 e. The fourth-order valence-corrected chi connectivity index (χ4v) is 4.67. The second kappa shape index (κ2) is 9.62. The highest BCUT2D eigenvalue weighted by Crippen LogP contribution is 2.23. The van der Waals surface area contributed by atoms with Gasteiger partial charge in [-0.05, 0) is 54.1 Å². The molecular formula is C25H29N6O2+. The molecule has 0 bridgehead atoms. The summed E-state index contributed by atoms with van der Waals surface area (Å²) in [5.74, 6) is 1.32. The van der Waals surface area contributed by atoms with Gasteiger partial charge < -0.3 is 10.6 Å². The predicted molar refractivity (Wildman–Crippen MR) is 128 cm³/mol. The average molecular weight is 446 g/mol. The first-order valence-electron chi connectivity index (χ1n) is 11.7. The Morgan fingerprint density at radius 1 is 1.15 bits per heavy atom. The molecule has 0 unspecified atom stereocenters. The number of carbonyl (C=O) groups excluding carboxylic acids is 1. The Hall–Kier alpha value is -3.39. The van der Waals surface area contributed by atoms with Gasteiger partial charge in [-0.3, -0.25) is 14.0 Å². The van der Waals surface area contributed by atoms with Crippen molar-refractivity contribution in [2.75, 3.05) is 26.2 Å². The van der Waals surface area contributed by atoms with Gasteiger partial charge in [-0.2, -0.15) is 0 Å². The number of carbonyl (C=O) groups is 1. The smallest absolute Gasteiger partial charge is 0.323 e. The van der Waals surface area contributed by atoms with Crippen molar-refractivity contribution < 1.29 is 9.37 Å². The molecule has 8 nitrogen and oxygen atoms in total. The number of fused-ring (bicyclic) bond motifs is 2. The number of hydrogen-bond acceptors (Lipinski definition) is 5. The Bertz CT molecular complexity index is 1250. The number of aromatic nitrogens is 2. The van der Waals surface area contributed by atoms with Crippen molar-refractivity contribution in [3.05, 3.63) is 70.1 Å². The molecule has 1 fully saturated rings. The van der Waals surface area contributed by atoms with Crippen molar-refractivity contribution in [1.82, 2.24) is 20.0 Å². The minimum Gasteiger partial charge on any atom is -0.343 e. The van der Waals surface area contributed by atoms with Gasteiger partial charge in [-0.15, -0.1) is 0 Å². The standard InChI is InChI=1S/C25H28N6O2/c32-24-12-21(29-23-8-4-5-11-31(23)24)25(33)27-15-20-17-30-16-19(9-10-22(30)28-20)14-26-13-18-6-2-1-3-7-18/h4-5,8-12,17-18,26H,1-3,6-7,13-16H2/p+1. The molecule has 1 amide bonds. The number of nitrogens with one attached hydrogen (secondary N) is 2. The molecule has 0 radical (unpaired) electrons. The molecule has 1 saturated carbocycles. The van der Waals surface area contributed by atoms with Crippen LogP contribution in [0.25, 0.3) is 5.65 Å². The van der Waals surface area contributed by atoms with E-state index in [1.165, 1.54) is 48.1 Å². The maximum atomic E-state index is 12.6. The van der Waals surface area contributed by atoms with Crippen LogP contribution in [0.15, 0.2) is 63.8 Å². The van der Waals surface area contributed by atoms with E-state index in [0.29, 0.717) is 5.65 Å². The Kier molecular flexibility index (Phi) is 6.26. The van der Waals surface area contributed by atoms with E-state index in [9.17, 15) is 9.59 Å². The Morgan fingerprint density at radius 2 is 2.03 bits per heavy atom. The van der Waals surface area contributed by atoms with E-state index < -0.39 is 0 Å². The Labute approximate surface area is 192 Å². The summed E-state index contributed by atoms with van der Waals surface area (Å²) in [5.41, 5.74) is 2.37. The molecule has 1 aliphatic carbocycles. The van der Waals surface area contributed by atoms with E-state index in [2.05, 4.69) is 31.3 Å². The molecular weight excluding hydrogens is 416 g/mol. The van der Waals surface area contributed by atoms with Crippen LogP contribution < -0.4 is 16.2 Å². The number of amides is 1. The van der Waals surface area contributed by atoms with Crippen LogP contribution in [0.5, 0.6) is 0 Å². The van der Waals surface area contributed by atoms with Gasteiger partial charge in [-0.25, -0.2) is 9.56 Å². The summed E-state index contributed by atoms with van der Waals surface area (Å²) >= 11 is 0. The molecule has 0 aromatic carbocycles. The van der Waals surface area contributed by atoms with Crippen LogP contribution in [0.4, 0.5) is 0 Å². The Morgan fingerprint density at radius 3 is 2.91 bits per heavy atom. The lowest BCUT2D eigenvalue weighted by molar-refractivity contribution is -0.461. The average Bonchev–Trinajstić information content (AvgIpc) is 3.25. The van der Waals surface area contributed by atoms with E-state index >= 15 is 0 Å². The van der Waals surface area contributed by atoms with Crippen molar-refractivity contribution >= 4 is 23.5 Å². The van der Waals surface area contributed by atoms with Gasteiger partial charge in [0, 0.05) is 24.9 Å². The van der Waals surface area contributed by atoms with Gasteiger partial charge in [0.2, 0.25) is 5.71 Å². The third-order valence-electron chi connectivity index (χ3n) is 6.44. The minimum absolute atomic E-state index is 0.106. The van der Waals surface area contributed by atoms with Crippen LogP contribution in [0, 0.1) is 5.92 Å². The minimum atomic E-state index is -0.390. The molecule has 0 saturated heterocycles. The van der Waals surface area contributed by atoms with E-state index in [0.717, 1.165) is 37.1 Å². The molecule has 33 heavy (non-hydrogen) atoms. The van der Waals surface area contributed by atoms with Crippen LogP contribution in [0.1, 0.15) is 42.6 Å². The number of pyridine rings is 1. The summed E-state index contributed by atoms with van der Waals surface area (Å²) < 4.78 is 3.52. The predicted octanol–water partition coefficient (Wildman–Crippen LogP) is 1.91. The number of nitrogens with zero attached hydrogens (tertiary/aromatic N) is 4. The molecule has 8 heteroatoms. The first kappa shape index (κ1) is 21.5. The molecule has 3 aliphatic rings. The summed E-state index contributed by atoms with van der Waals surface area (Å²) in [6.07, 6.45) is 14.6. The summed E-state index contributed by atoms with van der Waals surface area (Å²) in [6.45, 7) is 3.06. The van der Waals surface area contributed by atoms with Crippen molar-refractivity contribution in [3.8, 4) is 0 Å². The number of hydrogen-bond donors (Lipinski definition) is 2. The number of rotatable bonds is 7. The Balaban J connectivity index is 1.14. The van der Waals surface area contributed by atoms with Crippen LogP contribution in [-0.2, 0) is 0 Å².